The summed E-state index contributed by atoms with van der Waals surface area (Å²) in [5, 5.41) is 11.4. The maximum atomic E-state index is 12.6. The van der Waals surface area contributed by atoms with Crippen LogP contribution in [0.1, 0.15) is 59.6 Å². The number of para-hydroxylation sites is 1. The van der Waals surface area contributed by atoms with Gasteiger partial charge in [0.05, 0.1) is 28.7 Å². The molecule has 0 aliphatic rings. The molecule has 1 N–H and O–H groups in total. The van der Waals surface area contributed by atoms with E-state index >= 15 is 0 Å². The Morgan fingerprint density at radius 2 is 1.69 bits per heavy atom. The number of aromatic nitrogens is 2. The normalized spacial score (nSPS) is 12.7. The fourth-order valence-electron chi connectivity index (χ4n) is 7.02. The third-order valence-corrected chi connectivity index (χ3v) is 16.7. The van der Waals surface area contributed by atoms with Gasteiger partial charge in [0.15, 0.2) is 0 Å². The van der Waals surface area contributed by atoms with Crippen LogP contribution in [0.3, 0.4) is 0 Å². The van der Waals surface area contributed by atoms with E-state index in [1.165, 1.54) is 17.7 Å². The molecule has 5 aromatic rings. The van der Waals surface area contributed by atoms with Crippen LogP contribution >= 0.6 is 22.9 Å². The molecule has 0 spiro atoms. The van der Waals surface area contributed by atoms with Gasteiger partial charge in [-0.05, 0) is 64.0 Å². The van der Waals surface area contributed by atoms with Crippen LogP contribution in [0.15, 0.2) is 65.5 Å². The molecule has 0 radical (unpaired) electrons. The Labute approximate surface area is 292 Å². The van der Waals surface area contributed by atoms with E-state index in [2.05, 4.69) is 58.4 Å². The predicted molar refractivity (Wildman–Crippen MR) is 195 cm³/mol. The summed E-state index contributed by atoms with van der Waals surface area (Å²) >= 11 is 8.72. The molecule has 0 saturated carbocycles. The fourth-order valence-corrected chi connectivity index (χ4v) is 13.8. The van der Waals surface area contributed by atoms with Crippen molar-refractivity contribution in [3.63, 3.8) is 0 Å². The molecule has 0 unspecified atom stereocenters. The third-order valence-electron chi connectivity index (χ3n) is 9.15. The van der Waals surface area contributed by atoms with Crippen LogP contribution in [-0.4, -0.2) is 42.6 Å². The van der Waals surface area contributed by atoms with Crippen molar-refractivity contribution in [1.82, 2.24) is 9.97 Å². The highest BCUT2D eigenvalue weighted by molar-refractivity contribution is 7.22. The van der Waals surface area contributed by atoms with Gasteiger partial charge in [-0.2, -0.15) is 0 Å². The molecule has 2 aromatic carbocycles. The van der Waals surface area contributed by atoms with Crippen LogP contribution in [0.5, 0.6) is 17.4 Å². The molecule has 3 aromatic heterocycles. The van der Waals surface area contributed by atoms with E-state index in [0.29, 0.717) is 61.1 Å². The number of halogens is 1. The standard InChI is InChI=1S/C37H43ClN2O6SSi/c1-9-25-26(16-17-28(33(25)38)46-48(21(2)3,22(4)5)23(6)7)31-32-35(39-20-40-36(32)47-34(31)29-15-12-18-44-29)45-30(37(41)42)19-24-13-10-11-14-27(24)43-8/h10-18,20-23,30H,9,19H2,1-8H3,(H,41,42)/t30-/m1/s1. The lowest BCUT2D eigenvalue weighted by Crippen LogP contribution is -2.50. The average molecular weight is 707 g/mol. The summed E-state index contributed by atoms with van der Waals surface area (Å²) < 4.78 is 24.7. The first-order valence-corrected chi connectivity index (χ1v) is 19.6. The average Bonchev–Trinajstić information content (AvgIpc) is 3.72. The van der Waals surface area contributed by atoms with Gasteiger partial charge >= 0.3 is 5.97 Å². The maximum Gasteiger partial charge on any atom is 0.345 e. The number of carboxylic acid groups (broad SMARTS) is 1. The summed E-state index contributed by atoms with van der Waals surface area (Å²) in [7, 11) is -0.740. The summed E-state index contributed by atoms with van der Waals surface area (Å²) in [5.41, 5.74) is 4.36. The number of ether oxygens (including phenoxy) is 2. The summed E-state index contributed by atoms with van der Waals surface area (Å²) in [6.45, 7) is 15.6. The van der Waals surface area contributed by atoms with E-state index in [4.69, 9.17) is 29.9 Å². The van der Waals surface area contributed by atoms with E-state index in [1.54, 1.807) is 19.4 Å². The summed E-state index contributed by atoms with van der Waals surface area (Å²) in [6.07, 6.45) is 2.46. The Morgan fingerprint density at radius 3 is 2.29 bits per heavy atom. The number of fused-ring (bicyclic) bond motifs is 1. The molecule has 0 fully saturated rings. The number of hydrogen-bond acceptors (Lipinski definition) is 8. The maximum absolute atomic E-state index is 12.6. The van der Waals surface area contributed by atoms with Gasteiger partial charge in [-0.3, -0.25) is 0 Å². The van der Waals surface area contributed by atoms with Crippen LogP contribution in [0.2, 0.25) is 21.6 Å². The van der Waals surface area contributed by atoms with Crippen LogP contribution in [0.25, 0.3) is 32.0 Å². The number of carbonyl (C=O) groups is 1. The Kier molecular flexibility index (Phi) is 10.9. The number of benzene rings is 2. The first-order chi connectivity index (χ1) is 22.9. The van der Waals surface area contributed by atoms with Crippen LogP contribution < -0.4 is 13.9 Å². The van der Waals surface area contributed by atoms with E-state index in [9.17, 15) is 9.90 Å². The van der Waals surface area contributed by atoms with Gasteiger partial charge in [-0.1, -0.05) is 84.3 Å². The lowest BCUT2D eigenvalue weighted by atomic mass is 9.95. The highest BCUT2D eigenvalue weighted by Gasteiger charge is 2.47. The second-order valence-corrected chi connectivity index (χ2v) is 19.5. The zero-order valence-corrected chi connectivity index (χ0v) is 31.2. The van der Waals surface area contributed by atoms with Crippen molar-refractivity contribution in [2.75, 3.05) is 7.11 Å². The number of hydrogen-bond donors (Lipinski definition) is 1. The molecule has 48 heavy (non-hydrogen) atoms. The van der Waals surface area contributed by atoms with Gasteiger partial charge in [0.25, 0.3) is 8.32 Å². The molecular formula is C37H43ClN2O6SSi. The SMILES string of the molecule is CCc1c(-c2c(-c3ccco3)sc3ncnc(O[C@H](Cc4ccccc4OC)C(=O)O)c23)ccc(O[Si](C(C)C)(C(C)C)C(C)C)c1Cl. The van der Waals surface area contributed by atoms with Gasteiger partial charge in [0.1, 0.15) is 28.4 Å². The number of carboxylic acids is 1. The topological polar surface area (TPSA) is 104 Å². The number of thiophene rings is 1. The van der Waals surface area contributed by atoms with Crippen LogP contribution in [-0.2, 0) is 17.6 Å². The minimum Gasteiger partial charge on any atom is -0.542 e. The van der Waals surface area contributed by atoms with Gasteiger partial charge in [0.2, 0.25) is 12.0 Å². The van der Waals surface area contributed by atoms with Crippen LogP contribution in [0.4, 0.5) is 0 Å². The number of methoxy groups -OCH3 is 1. The minimum atomic E-state index is -2.30. The van der Waals surface area contributed by atoms with E-state index in [1.807, 2.05) is 42.5 Å². The Morgan fingerprint density at radius 1 is 0.979 bits per heavy atom. The lowest BCUT2D eigenvalue weighted by molar-refractivity contribution is -0.145. The molecule has 0 saturated heterocycles. The predicted octanol–water partition coefficient (Wildman–Crippen LogP) is 10.5. The molecule has 0 amide bonds. The Balaban J connectivity index is 1.69. The molecule has 8 nitrogen and oxygen atoms in total. The summed E-state index contributed by atoms with van der Waals surface area (Å²) in [4.78, 5) is 23.1. The molecule has 11 heteroatoms. The van der Waals surface area contributed by atoms with Gasteiger partial charge in [-0.15, -0.1) is 11.3 Å². The lowest BCUT2D eigenvalue weighted by Gasteiger charge is -2.42. The van der Waals surface area contributed by atoms with Crippen molar-refractivity contribution < 1.29 is 28.2 Å². The zero-order chi connectivity index (χ0) is 34.7. The van der Waals surface area contributed by atoms with Gasteiger partial charge in [-0.25, -0.2) is 14.8 Å². The smallest absolute Gasteiger partial charge is 0.345 e. The molecule has 5 rings (SSSR count). The highest BCUT2D eigenvalue weighted by Crippen LogP contribution is 2.51. The Hall–Kier alpha value is -3.86. The second kappa shape index (κ2) is 14.7. The monoisotopic (exact) mass is 706 g/mol. The van der Waals surface area contributed by atoms with E-state index in [-0.39, 0.29) is 12.3 Å². The zero-order valence-electron chi connectivity index (χ0n) is 28.7. The van der Waals surface area contributed by atoms with Gasteiger partial charge < -0.3 is 23.4 Å². The number of furan rings is 1. The van der Waals surface area contributed by atoms with Crippen molar-refractivity contribution in [3.05, 3.63) is 77.3 Å². The Bertz CT molecular complexity index is 1870. The van der Waals surface area contributed by atoms with Crippen molar-refractivity contribution in [1.29, 1.82) is 0 Å². The first-order valence-electron chi connectivity index (χ1n) is 16.3. The van der Waals surface area contributed by atoms with Gasteiger partial charge in [0, 0.05) is 12.0 Å². The van der Waals surface area contributed by atoms with Crippen molar-refractivity contribution in [3.8, 4) is 39.1 Å². The molecule has 0 aliphatic heterocycles. The third kappa shape index (κ3) is 6.58. The van der Waals surface area contributed by atoms with Crippen molar-refractivity contribution >= 4 is 47.4 Å². The molecule has 0 bridgehead atoms. The molecule has 0 aliphatic carbocycles. The number of nitrogens with zero attached hydrogens (tertiary/aromatic N) is 2. The number of rotatable bonds is 14. The molecule has 1 atom stereocenters. The largest absolute Gasteiger partial charge is 0.542 e. The van der Waals surface area contributed by atoms with Crippen LogP contribution in [0, 0.1) is 0 Å². The van der Waals surface area contributed by atoms with Crippen molar-refractivity contribution in [2.45, 2.75) is 84.0 Å². The number of aliphatic carboxylic acids is 1. The summed E-state index contributed by atoms with van der Waals surface area (Å²) in [5.74, 6) is 0.959. The molecule has 254 valence electrons. The second-order valence-electron chi connectivity index (χ2n) is 12.8. The summed E-state index contributed by atoms with van der Waals surface area (Å²) in [6, 6.07) is 15.0. The molecular weight excluding hydrogens is 664 g/mol. The van der Waals surface area contributed by atoms with E-state index in [0.717, 1.165) is 21.6 Å². The van der Waals surface area contributed by atoms with E-state index < -0.39 is 20.4 Å². The fraction of sp³-hybridized carbons (Fsp3) is 0.378. The minimum absolute atomic E-state index is 0.0701. The highest BCUT2D eigenvalue weighted by atomic mass is 35.5. The van der Waals surface area contributed by atoms with Crippen molar-refractivity contribution in [2.24, 2.45) is 0 Å². The first kappa shape index (κ1) is 35.4. The quantitative estimate of drug-likeness (QED) is 0.114. The molecule has 3 heterocycles.